The van der Waals surface area contributed by atoms with Crippen molar-refractivity contribution >= 4 is 11.5 Å². The van der Waals surface area contributed by atoms with Crippen molar-refractivity contribution in [3.8, 4) is 0 Å². The monoisotopic (exact) mass is 196 g/mol. The largest absolute Gasteiger partial charge is 0.394 e. The summed E-state index contributed by atoms with van der Waals surface area (Å²) >= 11 is 0. The molecule has 0 spiro atoms. The lowest BCUT2D eigenvalue weighted by atomic mass is 10.0. The van der Waals surface area contributed by atoms with Crippen LogP contribution in [-0.2, 0) is 7.05 Å². The molecule has 0 saturated heterocycles. The van der Waals surface area contributed by atoms with Crippen LogP contribution in [0.4, 0.5) is 11.5 Å². The van der Waals surface area contributed by atoms with Crippen molar-refractivity contribution in [2.24, 2.45) is 13.0 Å². The lowest BCUT2D eigenvalue weighted by Crippen LogP contribution is -2.13. The Kier molecular flexibility index (Phi) is 3.80. The van der Waals surface area contributed by atoms with E-state index in [4.69, 9.17) is 5.73 Å². The average Bonchev–Trinajstić information content (AvgIpc) is 2.47. The van der Waals surface area contributed by atoms with E-state index in [-0.39, 0.29) is 0 Å². The molecule has 3 N–H and O–H groups in total. The third-order valence-electron chi connectivity index (χ3n) is 2.57. The van der Waals surface area contributed by atoms with Crippen molar-refractivity contribution in [2.75, 3.05) is 17.6 Å². The van der Waals surface area contributed by atoms with E-state index in [1.54, 1.807) is 4.68 Å². The highest BCUT2D eigenvalue weighted by Gasteiger charge is 2.06. The minimum atomic E-state index is 0.705. The molecule has 0 bridgehead atoms. The molecular weight excluding hydrogens is 176 g/mol. The van der Waals surface area contributed by atoms with Crippen LogP contribution in [0.3, 0.4) is 0 Å². The highest BCUT2D eigenvalue weighted by Crippen LogP contribution is 2.16. The zero-order valence-corrected chi connectivity index (χ0v) is 9.25. The normalized spacial score (nSPS) is 10.9. The van der Waals surface area contributed by atoms with Gasteiger partial charge in [0.15, 0.2) is 5.82 Å². The van der Waals surface area contributed by atoms with Gasteiger partial charge < -0.3 is 11.1 Å². The van der Waals surface area contributed by atoms with Crippen molar-refractivity contribution in [2.45, 2.75) is 26.7 Å². The Hall–Kier alpha value is -1.19. The number of hydrogen-bond donors (Lipinski definition) is 2. The Bertz CT molecular complexity index is 276. The van der Waals surface area contributed by atoms with Crippen LogP contribution in [0.1, 0.15) is 26.7 Å². The number of aromatic nitrogens is 2. The van der Waals surface area contributed by atoms with Gasteiger partial charge in [0.1, 0.15) is 0 Å². The first-order valence-corrected chi connectivity index (χ1v) is 5.20. The Labute approximate surface area is 85.5 Å². The molecule has 0 aromatic carbocycles. The van der Waals surface area contributed by atoms with Crippen LogP contribution < -0.4 is 11.1 Å². The van der Waals surface area contributed by atoms with Gasteiger partial charge in [0.05, 0.1) is 5.69 Å². The topological polar surface area (TPSA) is 55.9 Å². The first-order valence-electron chi connectivity index (χ1n) is 5.20. The van der Waals surface area contributed by atoms with Gasteiger partial charge in [-0.1, -0.05) is 26.7 Å². The van der Waals surface area contributed by atoms with Crippen molar-refractivity contribution in [3.63, 3.8) is 0 Å². The smallest absolute Gasteiger partial charge is 0.171 e. The predicted octanol–water partition coefficient (Wildman–Crippen LogP) is 1.85. The maximum Gasteiger partial charge on any atom is 0.171 e. The molecule has 0 radical (unpaired) electrons. The molecule has 0 aliphatic heterocycles. The van der Waals surface area contributed by atoms with Crippen molar-refractivity contribution in [3.05, 3.63) is 6.20 Å². The van der Waals surface area contributed by atoms with Crippen molar-refractivity contribution in [1.29, 1.82) is 0 Å². The maximum atomic E-state index is 5.76. The van der Waals surface area contributed by atoms with Crippen LogP contribution in [0.15, 0.2) is 6.20 Å². The van der Waals surface area contributed by atoms with Crippen LogP contribution in [0, 0.1) is 5.92 Å². The van der Waals surface area contributed by atoms with Gasteiger partial charge in [0.25, 0.3) is 0 Å². The fourth-order valence-electron chi connectivity index (χ4n) is 1.46. The molecule has 0 saturated carbocycles. The van der Waals surface area contributed by atoms with Crippen molar-refractivity contribution < 1.29 is 0 Å². The van der Waals surface area contributed by atoms with E-state index >= 15 is 0 Å². The first-order chi connectivity index (χ1) is 6.67. The van der Waals surface area contributed by atoms with Gasteiger partial charge >= 0.3 is 0 Å². The van der Waals surface area contributed by atoms with Gasteiger partial charge in [-0.3, -0.25) is 4.68 Å². The minimum absolute atomic E-state index is 0.705. The highest BCUT2D eigenvalue weighted by molar-refractivity contribution is 5.59. The van der Waals surface area contributed by atoms with E-state index in [9.17, 15) is 0 Å². The molecule has 0 amide bonds. The summed E-state index contributed by atoms with van der Waals surface area (Å²) in [5.74, 6) is 1.51. The maximum absolute atomic E-state index is 5.76. The molecule has 1 aromatic rings. The third kappa shape index (κ3) is 2.65. The first kappa shape index (κ1) is 10.9. The number of nitrogens with two attached hydrogens (primary N) is 1. The molecule has 0 aliphatic rings. The summed E-state index contributed by atoms with van der Waals surface area (Å²) in [5, 5.41) is 7.51. The molecule has 0 aliphatic carbocycles. The average molecular weight is 196 g/mol. The number of anilines is 2. The van der Waals surface area contributed by atoms with E-state index in [1.165, 1.54) is 12.8 Å². The summed E-state index contributed by atoms with van der Waals surface area (Å²) in [6.07, 6.45) is 4.20. The number of nitrogens with one attached hydrogen (secondary N) is 1. The molecular formula is C10H20N4. The van der Waals surface area contributed by atoms with E-state index in [0.717, 1.165) is 18.1 Å². The van der Waals surface area contributed by atoms with Crippen LogP contribution in [0.2, 0.25) is 0 Å². The SMILES string of the molecule is CCC(CC)CNc1nn(C)cc1N. The fourth-order valence-corrected chi connectivity index (χ4v) is 1.46. The molecule has 1 aromatic heterocycles. The van der Waals surface area contributed by atoms with Gasteiger partial charge in [-0.15, -0.1) is 0 Å². The number of rotatable bonds is 5. The second kappa shape index (κ2) is 4.88. The molecule has 4 heteroatoms. The summed E-state index contributed by atoms with van der Waals surface area (Å²) in [6.45, 7) is 5.36. The van der Waals surface area contributed by atoms with Crippen molar-refractivity contribution in [1.82, 2.24) is 9.78 Å². The number of hydrogen-bond acceptors (Lipinski definition) is 3. The molecule has 0 fully saturated rings. The van der Waals surface area contributed by atoms with Crippen LogP contribution in [-0.4, -0.2) is 16.3 Å². The van der Waals surface area contributed by atoms with Gasteiger partial charge in [-0.05, 0) is 5.92 Å². The second-order valence-corrected chi connectivity index (χ2v) is 3.67. The molecule has 1 rings (SSSR count). The highest BCUT2D eigenvalue weighted by atomic mass is 15.3. The number of aryl methyl sites for hydroxylation is 1. The van der Waals surface area contributed by atoms with E-state index in [0.29, 0.717) is 5.92 Å². The standard InChI is InChI=1S/C10H20N4/c1-4-8(5-2)6-12-10-9(11)7-14(3)13-10/h7-8H,4-6,11H2,1-3H3,(H,12,13). The van der Waals surface area contributed by atoms with Crippen LogP contribution in [0.25, 0.3) is 0 Å². The summed E-state index contributed by atoms with van der Waals surface area (Å²) in [5.41, 5.74) is 6.49. The zero-order chi connectivity index (χ0) is 10.6. The zero-order valence-electron chi connectivity index (χ0n) is 9.25. The lowest BCUT2D eigenvalue weighted by molar-refractivity contribution is 0.518. The molecule has 4 nitrogen and oxygen atoms in total. The van der Waals surface area contributed by atoms with Gasteiger partial charge in [-0.2, -0.15) is 5.10 Å². The summed E-state index contributed by atoms with van der Waals surface area (Å²) < 4.78 is 1.73. The third-order valence-corrected chi connectivity index (χ3v) is 2.57. The summed E-state index contributed by atoms with van der Waals surface area (Å²) in [4.78, 5) is 0. The lowest BCUT2D eigenvalue weighted by Gasteiger charge is -2.12. The Balaban J connectivity index is 2.48. The molecule has 80 valence electrons. The van der Waals surface area contributed by atoms with Gasteiger partial charge in [0.2, 0.25) is 0 Å². The van der Waals surface area contributed by atoms with Crippen LogP contribution >= 0.6 is 0 Å². The summed E-state index contributed by atoms with van der Waals surface area (Å²) in [6, 6.07) is 0. The Morgan fingerprint density at radius 3 is 2.57 bits per heavy atom. The molecule has 0 unspecified atom stereocenters. The van der Waals surface area contributed by atoms with Crippen LogP contribution in [0.5, 0.6) is 0 Å². The molecule has 0 atom stereocenters. The Morgan fingerprint density at radius 1 is 1.50 bits per heavy atom. The molecule has 14 heavy (non-hydrogen) atoms. The fraction of sp³-hybridized carbons (Fsp3) is 0.700. The Morgan fingerprint density at radius 2 is 2.14 bits per heavy atom. The minimum Gasteiger partial charge on any atom is -0.394 e. The number of nitrogens with zero attached hydrogens (tertiary/aromatic N) is 2. The quantitative estimate of drug-likeness (QED) is 0.755. The molecule has 1 heterocycles. The van der Waals surface area contributed by atoms with Gasteiger partial charge in [-0.25, -0.2) is 0 Å². The van der Waals surface area contributed by atoms with Gasteiger partial charge in [0, 0.05) is 19.8 Å². The number of nitrogen functional groups attached to an aromatic ring is 1. The predicted molar refractivity (Wildman–Crippen MR) is 60.2 cm³/mol. The second-order valence-electron chi connectivity index (χ2n) is 3.67. The summed E-state index contributed by atoms with van der Waals surface area (Å²) in [7, 11) is 1.87. The van der Waals surface area contributed by atoms with E-state index in [2.05, 4.69) is 24.3 Å². The van der Waals surface area contributed by atoms with E-state index in [1.807, 2.05) is 13.2 Å². The van der Waals surface area contributed by atoms with E-state index < -0.39 is 0 Å².